The van der Waals surface area contributed by atoms with E-state index >= 15 is 0 Å². The summed E-state index contributed by atoms with van der Waals surface area (Å²) < 4.78 is 7.14. The van der Waals surface area contributed by atoms with Crippen LogP contribution in [-0.4, -0.2) is 43.0 Å². The van der Waals surface area contributed by atoms with E-state index in [9.17, 15) is 9.59 Å². The van der Waals surface area contributed by atoms with Crippen molar-refractivity contribution in [3.05, 3.63) is 70.2 Å². The molecule has 1 aliphatic heterocycles. The molecule has 0 aliphatic carbocycles. The Balaban J connectivity index is 1.90. The molecule has 0 atom stereocenters. The largest absolute Gasteiger partial charge is 0.378 e. The highest BCUT2D eigenvalue weighted by molar-refractivity contribution is 6.05. The SMILES string of the molecule is C=C(/C=C(\N=C/CC)C(C)(C)C)C(=O)Nc1ccc(C)c(-c2cc(N3CCOCC3)n(C)c(=O)c2)c1. The fraction of sp³-hybridized carbons (Fsp3) is 0.414. The molecule has 3 rings (SSSR count). The lowest BCUT2D eigenvalue weighted by atomic mass is 9.91. The maximum Gasteiger partial charge on any atom is 0.255 e. The molecule has 0 bridgehead atoms. The quantitative estimate of drug-likeness (QED) is 0.333. The molecule has 2 heterocycles. The summed E-state index contributed by atoms with van der Waals surface area (Å²) in [5, 5.41) is 2.95. The number of hydrogen-bond acceptors (Lipinski definition) is 5. The topological polar surface area (TPSA) is 75.9 Å². The summed E-state index contributed by atoms with van der Waals surface area (Å²) in [4.78, 5) is 32.5. The number of nitrogens with zero attached hydrogens (tertiary/aromatic N) is 3. The second-order valence-corrected chi connectivity index (χ2v) is 10.1. The number of morpholine rings is 1. The first-order valence-electron chi connectivity index (χ1n) is 12.4. The summed E-state index contributed by atoms with van der Waals surface area (Å²) in [7, 11) is 1.79. The van der Waals surface area contributed by atoms with Crippen molar-refractivity contribution in [2.75, 3.05) is 36.5 Å². The van der Waals surface area contributed by atoms with Crippen LogP contribution in [0.5, 0.6) is 0 Å². The molecule has 1 amide bonds. The molecule has 1 fully saturated rings. The summed E-state index contributed by atoms with van der Waals surface area (Å²) in [6, 6.07) is 9.38. The zero-order valence-electron chi connectivity index (χ0n) is 22.4. The fourth-order valence-electron chi connectivity index (χ4n) is 3.96. The molecule has 1 aromatic carbocycles. The second kappa shape index (κ2) is 11.5. The summed E-state index contributed by atoms with van der Waals surface area (Å²) in [5.41, 5.74) is 4.19. The molecule has 7 heteroatoms. The van der Waals surface area contributed by atoms with E-state index in [0.29, 0.717) is 24.5 Å². The second-order valence-electron chi connectivity index (χ2n) is 10.1. The van der Waals surface area contributed by atoms with Crippen molar-refractivity contribution in [3.63, 3.8) is 0 Å². The third-order valence-electron chi connectivity index (χ3n) is 6.16. The van der Waals surface area contributed by atoms with Crippen molar-refractivity contribution in [2.45, 2.75) is 41.0 Å². The Morgan fingerprint density at radius 2 is 1.89 bits per heavy atom. The number of nitrogens with one attached hydrogen (secondary N) is 1. The number of aryl methyl sites for hydroxylation is 1. The molecule has 0 unspecified atom stereocenters. The van der Waals surface area contributed by atoms with Gasteiger partial charge in [0.25, 0.3) is 11.5 Å². The van der Waals surface area contributed by atoms with Crippen LogP contribution in [0, 0.1) is 12.3 Å². The van der Waals surface area contributed by atoms with Gasteiger partial charge in [0, 0.05) is 54.8 Å². The Morgan fingerprint density at radius 1 is 1.19 bits per heavy atom. The minimum atomic E-state index is -0.295. The van der Waals surface area contributed by atoms with E-state index < -0.39 is 0 Å². The third-order valence-corrected chi connectivity index (χ3v) is 6.16. The van der Waals surface area contributed by atoms with Crippen molar-refractivity contribution in [3.8, 4) is 11.1 Å². The highest BCUT2D eigenvalue weighted by atomic mass is 16.5. The van der Waals surface area contributed by atoms with Crippen LogP contribution in [-0.2, 0) is 16.6 Å². The highest BCUT2D eigenvalue weighted by Crippen LogP contribution is 2.30. The van der Waals surface area contributed by atoms with E-state index in [1.165, 1.54) is 0 Å². The summed E-state index contributed by atoms with van der Waals surface area (Å²) in [6.07, 6.45) is 4.39. The number of rotatable bonds is 7. The zero-order valence-corrected chi connectivity index (χ0v) is 22.4. The minimum absolute atomic E-state index is 0.0799. The van der Waals surface area contributed by atoms with Crippen LogP contribution in [0.3, 0.4) is 0 Å². The lowest BCUT2D eigenvalue weighted by Crippen LogP contribution is -2.39. The number of carbonyl (C=O) groups excluding carboxylic acids is 1. The van der Waals surface area contributed by atoms with Gasteiger partial charge < -0.3 is 15.0 Å². The standard InChI is InChI=1S/C29H38N4O3/c1-8-11-30-25(29(4,5)6)16-21(3)28(35)31-23-10-9-20(2)24(19-23)22-17-26(32(7)27(34)18-22)33-12-14-36-15-13-33/h9-11,16-19H,3,8,12-15H2,1-2,4-7H3,(H,31,35)/b25-16-,30-11-. The highest BCUT2D eigenvalue weighted by Gasteiger charge is 2.19. The van der Waals surface area contributed by atoms with Gasteiger partial charge in [-0.15, -0.1) is 0 Å². The van der Waals surface area contributed by atoms with E-state index in [2.05, 4.69) is 42.6 Å². The van der Waals surface area contributed by atoms with Gasteiger partial charge in [0.2, 0.25) is 0 Å². The molecular formula is C29H38N4O3. The number of aromatic nitrogens is 1. The number of ether oxygens (including phenoxy) is 1. The monoisotopic (exact) mass is 490 g/mol. The number of pyridine rings is 1. The smallest absolute Gasteiger partial charge is 0.255 e. The van der Waals surface area contributed by atoms with Crippen LogP contribution in [0.1, 0.15) is 39.7 Å². The Hall–Kier alpha value is -3.45. The minimum Gasteiger partial charge on any atom is -0.378 e. The predicted octanol–water partition coefficient (Wildman–Crippen LogP) is 5.10. The van der Waals surface area contributed by atoms with Gasteiger partial charge in [-0.05, 0) is 54.3 Å². The van der Waals surface area contributed by atoms with Crippen molar-refractivity contribution in [1.82, 2.24) is 4.57 Å². The molecule has 1 N–H and O–H groups in total. The van der Waals surface area contributed by atoms with Gasteiger partial charge >= 0.3 is 0 Å². The van der Waals surface area contributed by atoms with Crippen molar-refractivity contribution < 1.29 is 9.53 Å². The van der Waals surface area contributed by atoms with E-state index in [1.807, 2.05) is 44.3 Å². The van der Waals surface area contributed by atoms with Crippen LogP contribution in [0.4, 0.5) is 11.5 Å². The molecule has 0 radical (unpaired) electrons. The van der Waals surface area contributed by atoms with E-state index in [0.717, 1.165) is 47.7 Å². The predicted molar refractivity (Wildman–Crippen MR) is 149 cm³/mol. The number of amides is 1. The molecule has 1 aromatic heterocycles. The Labute approximate surface area is 214 Å². The van der Waals surface area contributed by atoms with Gasteiger partial charge in [-0.3, -0.25) is 19.1 Å². The van der Waals surface area contributed by atoms with Gasteiger partial charge in [-0.2, -0.15) is 0 Å². The summed E-state index contributed by atoms with van der Waals surface area (Å²) >= 11 is 0. The van der Waals surface area contributed by atoms with Gasteiger partial charge in [0.05, 0.1) is 13.2 Å². The van der Waals surface area contributed by atoms with Crippen molar-refractivity contribution in [2.24, 2.45) is 17.5 Å². The van der Waals surface area contributed by atoms with Crippen LogP contribution < -0.4 is 15.8 Å². The van der Waals surface area contributed by atoms with E-state index in [-0.39, 0.29) is 16.9 Å². The van der Waals surface area contributed by atoms with E-state index in [4.69, 9.17) is 4.74 Å². The summed E-state index contributed by atoms with van der Waals surface area (Å²) in [6.45, 7) is 16.9. The molecule has 7 nitrogen and oxygen atoms in total. The first kappa shape index (κ1) is 27.1. The van der Waals surface area contributed by atoms with Crippen LogP contribution in [0.15, 0.2) is 64.0 Å². The molecule has 0 saturated carbocycles. The number of benzene rings is 1. The van der Waals surface area contributed by atoms with Crippen LogP contribution >= 0.6 is 0 Å². The zero-order chi connectivity index (χ0) is 26.5. The summed E-state index contributed by atoms with van der Waals surface area (Å²) in [5.74, 6) is 0.562. The van der Waals surface area contributed by atoms with Gasteiger partial charge in [-0.25, -0.2) is 0 Å². The Morgan fingerprint density at radius 3 is 2.53 bits per heavy atom. The van der Waals surface area contributed by atoms with Gasteiger partial charge in [0.1, 0.15) is 5.82 Å². The number of aliphatic imine (C=N–C) groups is 1. The lowest BCUT2D eigenvalue weighted by Gasteiger charge is -2.30. The molecule has 0 spiro atoms. The maximum atomic E-state index is 13.0. The molecule has 192 valence electrons. The number of allylic oxidation sites excluding steroid dienone is 1. The van der Waals surface area contributed by atoms with Crippen molar-refractivity contribution >= 4 is 23.6 Å². The van der Waals surface area contributed by atoms with Gasteiger partial charge in [0.15, 0.2) is 0 Å². The normalized spacial score (nSPS) is 14.8. The molecule has 1 saturated heterocycles. The van der Waals surface area contributed by atoms with Crippen LogP contribution in [0.2, 0.25) is 0 Å². The Bertz CT molecular complexity index is 1240. The number of anilines is 2. The molecule has 36 heavy (non-hydrogen) atoms. The molecule has 2 aromatic rings. The average Bonchev–Trinajstić information content (AvgIpc) is 2.84. The fourth-order valence-corrected chi connectivity index (χ4v) is 3.96. The first-order chi connectivity index (χ1) is 17.0. The average molecular weight is 491 g/mol. The molecule has 1 aliphatic rings. The number of hydrogen-bond donors (Lipinski definition) is 1. The van der Waals surface area contributed by atoms with E-state index in [1.54, 1.807) is 23.8 Å². The Kier molecular flexibility index (Phi) is 8.69. The lowest BCUT2D eigenvalue weighted by molar-refractivity contribution is -0.112. The van der Waals surface area contributed by atoms with Crippen molar-refractivity contribution in [1.29, 1.82) is 0 Å². The molecular weight excluding hydrogens is 452 g/mol. The number of carbonyl (C=O) groups is 1. The third kappa shape index (κ3) is 6.61. The van der Waals surface area contributed by atoms with Gasteiger partial charge in [-0.1, -0.05) is 40.3 Å². The first-order valence-corrected chi connectivity index (χ1v) is 12.4. The maximum absolute atomic E-state index is 13.0. The van der Waals surface area contributed by atoms with Crippen LogP contribution in [0.25, 0.3) is 11.1 Å².